The molecule has 26 heavy (non-hydrogen) atoms. The van der Waals surface area contributed by atoms with Crippen LogP contribution in [0.2, 0.25) is 0 Å². The molecule has 2 aromatic carbocycles. The number of nitrogens with zero attached hydrogens (tertiary/aromatic N) is 1. The molecule has 0 aliphatic heterocycles. The topological polar surface area (TPSA) is 79.8 Å². The molecule has 0 aliphatic carbocycles. The Balaban J connectivity index is 1.84. The second-order valence-electron chi connectivity index (χ2n) is 5.83. The summed E-state index contributed by atoms with van der Waals surface area (Å²) in [6, 6.07) is 14.8. The van der Waals surface area contributed by atoms with Crippen molar-refractivity contribution in [3.8, 4) is 5.75 Å². The average molecular weight is 375 g/mol. The third-order valence-corrected chi connectivity index (χ3v) is 5.04. The Bertz CT molecular complexity index is 847. The molecule has 0 aliphatic rings. The van der Waals surface area contributed by atoms with Crippen molar-refractivity contribution in [3.05, 3.63) is 59.7 Å². The van der Waals surface area contributed by atoms with Gasteiger partial charge >= 0.3 is 0 Å². The smallest absolute Gasteiger partial charge is 0.191 e. The first-order chi connectivity index (χ1) is 12.4. The number of hydrogen-bond acceptors (Lipinski definition) is 4. The van der Waals surface area contributed by atoms with Crippen molar-refractivity contribution >= 4 is 15.8 Å². The lowest BCUT2D eigenvalue weighted by molar-refractivity contribution is 0.409. The predicted octanol–water partition coefficient (Wildman–Crippen LogP) is 2.01. The summed E-state index contributed by atoms with van der Waals surface area (Å²) < 4.78 is 28.3. The van der Waals surface area contributed by atoms with Crippen LogP contribution >= 0.6 is 0 Å². The molecule has 2 rings (SSSR count). The van der Waals surface area contributed by atoms with Crippen LogP contribution < -0.4 is 15.4 Å². The summed E-state index contributed by atoms with van der Waals surface area (Å²) in [4.78, 5) is 4.52. The quantitative estimate of drug-likeness (QED) is 0.572. The fourth-order valence-corrected chi connectivity index (χ4v) is 3.12. The lowest BCUT2D eigenvalue weighted by Gasteiger charge is -2.13. The van der Waals surface area contributed by atoms with E-state index in [1.165, 1.54) is 6.26 Å². The highest BCUT2D eigenvalue weighted by atomic mass is 32.2. The molecular weight excluding hydrogens is 350 g/mol. The molecule has 0 fully saturated rings. The lowest BCUT2D eigenvalue weighted by atomic mass is 10.1. The molecule has 0 atom stereocenters. The maximum absolute atomic E-state index is 11.5. The highest BCUT2D eigenvalue weighted by molar-refractivity contribution is 7.90. The van der Waals surface area contributed by atoms with Gasteiger partial charge in [0.25, 0.3) is 0 Å². The Hall–Kier alpha value is -2.54. The molecule has 140 valence electrons. The SMILES string of the molecule is CN=C(NCCc1ccccc1OC)NCc1ccc(S(C)(=O)=O)cc1. The molecule has 2 N–H and O–H groups in total. The minimum absolute atomic E-state index is 0.320. The molecule has 0 aromatic heterocycles. The zero-order chi connectivity index (χ0) is 19.0. The molecule has 0 unspecified atom stereocenters. The number of benzene rings is 2. The van der Waals surface area contributed by atoms with Crippen LogP contribution in [-0.2, 0) is 22.8 Å². The summed E-state index contributed by atoms with van der Waals surface area (Å²) in [7, 11) is 0.216. The predicted molar refractivity (Wildman–Crippen MR) is 104 cm³/mol. The number of aliphatic imine (C=N–C) groups is 1. The highest BCUT2D eigenvalue weighted by Crippen LogP contribution is 2.17. The Morgan fingerprint density at radius 3 is 2.38 bits per heavy atom. The number of nitrogens with one attached hydrogen (secondary N) is 2. The first-order valence-electron chi connectivity index (χ1n) is 8.29. The Morgan fingerprint density at radius 2 is 1.77 bits per heavy atom. The van der Waals surface area contributed by atoms with E-state index in [4.69, 9.17) is 4.74 Å². The largest absolute Gasteiger partial charge is 0.496 e. The van der Waals surface area contributed by atoms with Gasteiger partial charge in [0.2, 0.25) is 0 Å². The van der Waals surface area contributed by atoms with Crippen molar-refractivity contribution < 1.29 is 13.2 Å². The number of guanidine groups is 1. The fraction of sp³-hybridized carbons (Fsp3) is 0.316. The summed E-state index contributed by atoms with van der Waals surface area (Å²) in [5.74, 6) is 1.57. The van der Waals surface area contributed by atoms with Crippen LogP contribution in [-0.4, -0.2) is 41.3 Å². The number of hydrogen-bond donors (Lipinski definition) is 2. The fourth-order valence-electron chi connectivity index (χ4n) is 2.49. The van der Waals surface area contributed by atoms with E-state index in [1.807, 2.05) is 24.3 Å². The molecule has 0 heterocycles. The standard InChI is InChI=1S/C19H25N3O3S/c1-20-19(21-13-12-16-6-4-5-7-18(16)25-2)22-14-15-8-10-17(11-9-15)26(3,23)24/h4-11H,12-14H2,1-3H3,(H2,20,21,22). The first kappa shape index (κ1) is 19.8. The monoisotopic (exact) mass is 375 g/mol. The molecule has 0 saturated heterocycles. The Morgan fingerprint density at radius 1 is 1.08 bits per heavy atom. The summed E-state index contributed by atoms with van der Waals surface area (Å²) in [6.07, 6.45) is 2.02. The van der Waals surface area contributed by atoms with Gasteiger partial charge in [-0.1, -0.05) is 30.3 Å². The van der Waals surface area contributed by atoms with Crippen LogP contribution in [0.1, 0.15) is 11.1 Å². The van der Waals surface area contributed by atoms with Gasteiger partial charge in [-0.15, -0.1) is 0 Å². The molecular formula is C19H25N3O3S. The molecule has 2 aromatic rings. The molecule has 0 bridgehead atoms. The van der Waals surface area contributed by atoms with Crippen LogP contribution in [0.4, 0.5) is 0 Å². The van der Waals surface area contributed by atoms with E-state index in [2.05, 4.69) is 15.6 Å². The van der Waals surface area contributed by atoms with Crippen LogP contribution in [0.3, 0.4) is 0 Å². The first-order valence-corrected chi connectivity index (χ1v) is 10.2. The molecule has 0 spiro atoms. The number of para-hydroxylation sites is 1. The van der Waals surface area contributed by atoms with E-state index in [-0.39, 0.29) is 0 Å². The van der Waals surface area contributed by atoms with E-state index >= 15 is 0 Å². The van der Waals surface area contributed by atoms with Gasteiger partial charge in [-0.2, -0.15) is 0 Å². The number of ether oxygens (including phenoxy) is 1. The van der Waals surface area contributed by atoms with Gasteiger partial charge in [-0.25, -0.2) is 8.42 Å². The Labute approximate surface area is 155 Å². The van der Waals surface area contributed by atoms with E-state index in [0.717, 1.165) is 23.3 Å². The summed E-state index contributed by atoms with van der Waals surface area (Å²) >= 11 is 0. The zero-order valence-electron chi connectivity index (χ0n) is 15.3. The van der Waals surface area contributed by atoms with Crippen molar-refractivity contribution in [1.82, 2.24) is 10.6 Å². The normalized spacial score (nSPS) is 11.9. The van der Waals surface area contributed by atoms with Gasteiger partial charge in [-0.05, 0) is 35.7 Å². The number of sulfone groups is 1. The highest BCUT2D eigenvalue weighted by Gasteiger charge is 2.06. The van der Waals surface area contributed by atoms with Crippen LogP contribution in [0.15, 0.2) is 58.4 Å². The van der Waals surface area contributed by atoms with E-state index in [0.29, 0.717) is 23.9 Å². The zero-order valence-corrected chi connectivity index (χ0v) is 16.1. The minimum Gasteiger partial charge on any atom is -0.496 e. The van der Waals surface area contributed by atoms with E-state index in [1.54, 1.807) is 38.4 Å². The number of rotatable bonds is 7. The van der Waals surface area contributed by atoms with E-state index in [9.17, 15) is 8.42 Å². The molecule has 6 nitrogen and oxygen atoms in total. The minimum atomic E-state index is -3.17. The van der Waals surface area contributed by atoms with Gasteiger partial charge < -0.3 is 15.4 Å². The van der Waals surface area contributed by atoms with E-state index < -0.39 is 9.84 Å². The second-order valence-corrected chi connectivity index (χ2v) is 7.85. The maximum Gasteiger partial charge on any atom is 0.191 e. The third-order valence-electron chi connectivity index (χ3n) is 3.91. The maximum atomic E-state index is 11.5. The summed E-state index contributed by atoms with van der Waals surface area (Å²) in [5.41, 5.74) is 2.11. The summed E-state index contributed by atoms with van der Waals surface area (Å²) in [5, 5.41) is 6.48. The van der Waals surface area contributed by atoms with Gasteiger partial charge in [0.1, 0.15) is 5.75 Å². The van der Waals surface area contributed by atoms with Gasteiger partial charge in [0.05, 0.1) is 12.0 Å². The van der Waals surface area contributed by atoms with Gasteiger partial charge in [0.15, 0.2) is 15.8 Å². The van der Waals surface area contributed by atoms with Gasteiger partial charge in [-0.3, -0.25) is 4.99 Å². The third kappa shape index (κ3) is 5.77. The van der Waals surface area contributed by atoms with Crippen LogP contribution in [0.25, 0.3) is 0 Å². The number of methoxy groups -OCH3 is 1. The van der Waals surface area contributed by atoms with Crippen molar-refractivity contribution in [3.63, 3.8) is 0 Å². The summed E-state index contributed by atoms with van der Waals surface area (Å²) in [6.45, 7) is 1.27. The van der Waals surface area contributed by atoms with Crippen LogP contribution in [0, 0.1) is 0 Å². The van der Waals surface area contributed by atoms with Crippen molar-refractivity contribution in [2.24, 2.45) is 4.99 Å². The molecule has 7 heteroatoms. The van der Waals surface area contributed by atoms with Crippen molar-refractivity contribution in [2.45, 2.75) is 17.9 Å². The molecule has 0 radical (unpaired) electrons. The van der Waals surface area contributed by atoms with Gasteiger partial charge in [0, 0.05) is 26.4 Å². The van der Waals surface area contributed by atoms with Crippen molar-refractivity contribution in [1.29, 1.82) is 0 Å². The molecule has 0 amide bonds. The average Bonchev–Trinajstić information content (AvgIpc) is 2.64. The van der Waals surface area contributed by atoms with Crippen molar-refractivity contribution in [2.75, 3.05) is 27.0 Å². The lowest BCUT2D eigenvalue weighted by Crippen LogP contribution is -2.37. The second kappa shape index (κ2) is 9.24. The Kier molecular flexibility index (Phi) is 7.03. The molecule has 0 saturated carbocycles. The van der Waals surface area contributed by atoms with Crippen LogP contribution in [0.5, 0.6) is 5.75 Å².